The van der Waals surface area contributed by atoms with E-state index in [1.165, 1.54) is 12.1 Å². The van der Waals surface area contributed by atoms with E-state index in [2.05, 4.69) is 6.08 Å². The van der Waals surface area contributed by atoms with Gasteiger partial charge in [-0.2, -0.15) is 13.2 Å². The molecule has 0 spiro atoms. The highest BCUT2D eigenvalue weighted by Gasteiger charge is 2.58. The van der Waals surface area contributed by atoms with Gasteiger partial charge in [0.15, 0.2) is 5.76 Å². The summed E-state index contributed by atoms with van der Waals surface area (Å²) >= 11 is 6.34. The molecule has 1 saturated carbocycles. The summed E-state index contributed by atoms with van der Waals surface area (Å²) in [5.41, 5.74) is -0.412. The molecule has 5 aromatic rings. The molecule has 3 aliphatic rings. The predicted octanol–water partition coefficient (Wildman–Crippen LogP) is 11.6. The monoisotopic (exact) mass is 857 g/mol. The first-order chi connectivity index (χ1) is 29.1. The van der Waals surface area contributed by atoms with E-state index in [4.69, 9.17) is 25.5 Å². The molecule has 322 valence electrons. The Bertz CT molecular complexity index is 2430. The van der Waals surface area contributed by atoms with Crippen molar-refractivity contribution in [2.75, 3.05) is 26.8 Å². The van der Waals surface area contributed by atoms with Crippen molar-refractivity contribution in [2.45, 2.75) is 89.0 Å². The van der Waals surface area contributed by atoms with Crippen LogP contribution in [-0.4, -0.2) is 65.5 Å². The number of carbonyl (C=O) groups is 2. The number of aliphatic hydroxyl groups excluding tert-OH is 1. The summed E-state index contributed by atoms with van der Waals surface area (Å²) in [6.45, 7) is 4.68. The highest BCUT2D eigenvalue weighted by Crippen LogP contribution is 2.59. The number of hydrogen-bond donors (Lipinski definition) is 2. The average molecular weight is 858 g/mol. The van der Waals surface area contributed by atoms with Gasteiger partial charge in [-0.1, -0.05) is 72.6 Å². The van der Waals surface area contributed by atoms with Crippen LogP contribution >= 0.6 is 11.6 Å². The van der Waals surface area contributed by atoms with Crippen LogP contribution in [0.25, 0.3) is 22.1 Å². The summed E-state index contributed by atoms with van der Waals surface area (Å²) in [6, 6.07) is 24.5. The van der Waals surface area contributed by atoms with Crippen molar-refractivity contribution in [1.82, 2.24) is 4.90 Å². The molecule has 2 bridgehead atoms. The number of hydrogen-bond acceptors (Lipinski definition) is 7. The molecule has 4 atom stereocenters. The molecule has 0 unspecified atom stereocenters. The summed E-state index contributed by atoms with van der Waals surface area (Å²) in [5, 5.41) is 26.0. The standard InChI is InChI=1S/C49H51ClF3NO7/c1-31-8-6-22-47(2)41(21-23-48(47,58)30-54(24-7-25-59-3)46(57)60-37-16-13-33-9-4-5-10-34(33)28-37)38-17-12-32(26-36(55)15-11-31)27-39(38)45(56)44-20-19-43(61-44)40-29-35(49(51,52)53)14-18-42(40)50/h4-5,8-10,12-14,16-20,27-29,36,41,55,58H,6-7,11,15,21-26,30H2,1-3H3/t36-,41-,47-,48+/m0/s1. The number of rotatable bonds is 10. The van der Waals surface area contributed by atoms with Crippen molar-refractivity contribution in [3.63, 3.8) is 0 Å². The van der Waals surface area contributed by atoms with Gasteiger partial charge in [-0.25, -0.2) is 4.79 Å². The largest absolute Gasteiger partial charge is 0.453 e. The predicted molar refractivity (Wildman–Crippen MR) is 229 cm³/mol. The van der Waals surface area contributed by atoms with Crippen molar-refractivity contribution < 1.29 is 46.9 Å². The number of carbonyl (C=O) groups excluding carboxylic acids is 2. The van der Waals surface area contributed by atoms with E-state index in [1.807, 2.05) is 62.4 Å². The second-order valence-corrected chi connectivity index (χ2v) is 17.2. The summed E-state index contributed by atoms with van der Waals surface area (Å²) in [4.78, 5) is 30.3. The van der Waals surface area contributed by atoms with Gasteiger partial charge in [0.1, 0.15) is 11.5 Å². The zero-order valence-corrected chi connectivity index (χ0v) is 35.3. The van der Waals surface area contributed by atoms with E-state index < -0.39 is 40.7 Å². The third-order valence-corrected chi connectivity index (χ3v) is 13.0. The Morgan fingerprint density at radius 2 is 1.75 bits per heavy atom. The maximum absolute atomic E-state index is 14.7. The lowest BCUT2D eigenvalue weighted by atomic mass is 9.64. The first kappa shape index (κ1) is 44.1. The minimum absolute atomic E-state index is 0.00101. The highest BCUT2D eigenvalue weighted by molar-refractivity contribution is 6.33. The van der Waals surface area contributed by atoms with Crippen LogP contribution in [0.15, 0.2) is 107 Å². The lowest BCUT2D eigenvalue weighted by molar-refractivity contribution is -0.137. The molecule has 0 radical (unpaired) electrons. The van der Waals surface area contributed by atoms with Crippen LogP contribution < -0.4 is 4.74 Å². The van der Waals surface area contributed by atoms with Crippen LogP contribution in [0, 0.1) is 5.41 Å². The number of alkyl halides is 3. The molecule has 8 rings (SSSR count). The SMILES string of the molecule is COCCCN(C[C@]1(O)CC[C@H]2c3ccc(cc3C(=O)c3ccc(-c4cc(C(F)(F)F)ccc4Cl)o3)C[C@@H](O)CCC(C)=CCC[C@@]21C)C(=O)Oc1ccc2ccccc2c1. The molecule has 0 saturated heterocycles. The molecule has 1 amide bonds. The lowest BCUT2D eigenvalue weighted by Gasteiger charge is -2.46. The number of ketones is 1. The molecule has 3 aliphatic carbocycles. The molecular formula is C49H51ClF3NO7. The van der Waals surface area contributed by atoms with Gasteiger partial charge < -0.3 is 29.0 Å². The second kappa shape index (κ2) is 18.2. The number of halogens is 4. The van der Waals surface area contributed by atoms with Crippen molar-refractivity contribution >= 4 is 34.2 Å². The van der Waals surface area contributed by atoms with Crippen molar-refractivity contribution in [3.05, 3.63) is 136 Å². The Morgan fingerprint density at radius 3 is 2.52 bits per heavy atom. The molecule has 12 heteroatoms. The summed E-state index contributed by atoms with van der Waals surface area (Å²) in [6.07, 6.45) is 0.119. The molecule has 61 heavy (non-hydrogen) atoms. The number of ether oxygens (including phenoxy) is 2. The first-order valence-electron chi connectivity index (χ1n) is 20.7. The molecule has 4 aromatic carbocycles. The van der Waals surface area contributed by atoms with E-state index in [9.17, 15) is 33.0 Å². The summed E-state index contributed by atoms with van der Waals surface area (Å²) in [5.74, 6) is -0.594. The number of amides is 1. The normalized spacial score (nSPS) is 22.1. The maximum atomic E-state index is 14.7. The van der Waals surface area contributed by atoms with Crippen LogP contribution in [-0.2, 0) is 17.3 Å². The fourth-order valence-corrected chi connectivity index (χ4v) is 9.38. The van der Waals surface area contributed by atoms with Crippen LogP contribution in [0.1, 0.15) is 97.5 Å². The number of fused-ring (bicyclic) bond motifs is 9. The second-order valence-electron chi connectivity index (χ2n) is 16.8. The maximum Gasteiger partial charge on any atom is 0.416 e. The highest BCUT2D eigenvalue weighted by atomic mass is 35.5. The van der Waals surface area contributed by atoms with Crippen LogP contribution in [0.3, 0.4) is 0 Å². The lowest BCUT2D eigenvalue weighted by Crippen LogP contribution is -2.54. The van der Waals surface area contributed by atoms with Gasteiger partial charge in [-0.05, 0) is 135 Å². The van der Waals surface area contributed by atoms with E-state index in [1.54, 1.807) is 24.1 Å². The molecule has 2 N–H and O–H groups in total. The fraction of sp³-hybridized carbons (Fsp3) is 0.388. The number of aliphatic hydroxyl groups is 2. The van der Waals surface area contributed by atoms with Crippen LogP contribution in [0.4, 0.5) is 18.0 Å². The first-order valence-corrected chi connectivity index (χ1v) is 21.1. The zero-order valence-electron chi connectivity index (χ0n) is 34.6. The number of nitrogens with zero attached hydrogens (tertiary/aromatic N) is 1. The van der Waals surface area contributed by atoms with Crippen molar-refractivity contribution in [1.29, 1.82) is 0 Å². The molecule has 1 heterocycles. The van der Waals surface area contributed by atoms with E-state index in [-0.39, 0.29) is 41.1 Å². The van der Waals surface area contributed by atoms with Gasteiger partial charge in [0.2, 0.25) is 5.78 Å². The molecule has 1 fully saturated rings. The van der Waals surface area contributed by atoms with Crippen molar-refractivity contribution in [2.24, 2.45) is 5.41 Å². The number of methoxy groups -OCH3 is 1. The minimum Gasteiger partial charge on any atom is -0.453 e. The zero-order chi connectivity index (χ0) is 43.5. The van der Waals surface area contributed by atoms with Gasteiger partial charge in [0.05, 0.1) is 28.8 Å². The molecule has 1 aromatic heterocycles. The molecule has 0 aliphatic heterocycles. The quantitative estimate of drug-likeness (QED) is 0.0818. The summed E-state index contributed by atoms with van der Waals surface area (Å²) < 4.78 is 58.3. The number of allylic oxidation sites excluding steroid dienone is 2. The average Bonchev–Trinajstić information content (AvgIpc) is 3.81. The number of benzene rings is 4. The van der Waals surface area contributed by atoms with Gasteiger partial charge in [0.25, 0.3) is 0 Å². The smallest absolute Gasteiger partial charge is 0.416 e. The van der Waals surface area contributed by atoms with Crippen LogP contribution in [0.5, 0.6) is 5.75 Å². The van der Waals surface area contributed by atoms with Crippen LogP contribution in [0.2, 0.25) is 5.02 Å². The Balaban J connectivity index is 1.26. The van der Waals surface area contributed by atoms with Gasteiger partial charge in [-0.3, -0.25) is 4.79 Å². The Morgan fingerprint density at radius 1 is 0.967 bits per heavy atom. The Kier molecular flexibility index (Phi) is 13.2. The topological polar surface area (TPSA) is 109 Å². The van der Waals surface area contributed by atoms with E-state index in [0.717, 1.165) is 40.1 Å². The summed E-state index contributed by atoms with van der Waals surface area (Å²) in [7, 11) is 1.59. The van der Waals surface area contributed by atoms with Gasteiger partial charge in [0, 0.05) is 36.8 Å². The van der Waals surface area contributed by atoms with Gasteiger partial charge >= 0.3 is 12.3 Å². The number of furan rings is 1. The van der Waals surface area contributed by atoms with E-state index in [0.29, 0.717) is 74.8 Å². The van der Waals surface area contributed by atoms with Crippen molar-refractivity contribution in [3.8, 4) is 17.1 Å². The molecular weight excluding hydrogens is 807 g/mol. The fourth-order valence-electron chi connectivity index (χ4n) is 9.17. The third kappa shape index (κ3) is 9.60. The Hall–Kier alpha value is -4.94. The van der Waals surface area contributed by atoms with Gasteiger partial charge in [-0.15, -0.1) is 0 Å². The minimum atomic E-state index is -4.62. The van der Waals surface area contributed by atoms with E-state index >= 15 is 0 Å². The molecule has 8 nitrogen and oxygen atoms in total. The third-order valence-electron chi connectivity index (χ3n) is 12.7. The Labute approximate surface area is 358 Å².